The van der Waals surface area contributed by atoms with Crippen molar-refractivity contribution in [2.24, 2.45) is 5.92 Å². The third-order valence-electron chi connectivity index (χ3n) is 5.10. The molecule has 0 aromatic heterocycles. The lowest BCUT2D eigenvalue weighted by molar-refractivity contribution is -0.138. The van der Waals surface area contributed by atoms with Crippen LogP contribution in [0.5, 0.6) is 0 Å². The van der Waals surface area contributed by atoms with Crippen molar-refractivity contribution in [3.8, 4) is 0 Å². The van der Waals surface area contributed by atoms with Crippen LogP contribution in [0.25, 0.3) is 0 Å². The van der Waals surface area contributed by atoms with E-state index >= 15 is 0 Å². The maximum absolute atomic E-state index is 13.2. The molecular weight excluding hydrogens is 317 g/mol. The van der Waals surface area contributed by atoms with Gasteiger partial charge in [-0.2, -0.15) is 13.2 Å². The number of piperazine rings is 1. The Morgan fingerprint density at radius 1 is 0.958 bits per heavy atom. The molecule has 24 heavy (non-hydrogen) atoms. The second kappa shape index (κ2) is 7.03. The lowest BCUT2D eigenvalue weighted by Crippen LogP contribution is -2.51. The maximum Gasteiger partial charge on any atom is 0.418 e. The molecule has 0 atom stereocenters. The van der Waals surface area contributed by atoms with Gasteiger partial charge in [0.05, 0.1) is 5.56 Å². The highest BCUT2D eigenvalue weighted by Gasteiger charge is 2.36. The molecule has 3 nitrogen and oxygen atoms in total. The quantitative estimate of drug-likeness (QED) is 0.814. The van der Waals surface area contributed by atoms with E-state index in [9.17, 15) is 18.0 Å². The van der Waals surface area contributed by atoms with Gasteiger partial charge in [-0.25, -0.2) is 0 Å². The fourth-order valence-electron chi connectivity index (χ4n) is 3.76. The van der Waals surface area contributed by atoms with Crippen molar-refractivity contribution in [1.82, 2.24) is 4.90 Å². The first kappa shape index (κ1) is 17.1. The molecule has 0 radical (unpaired) electrons. The number of anilines is 1. The molecule has 1 aromatic carbocycles. The molecule has 2 aliphatic rings. The van der Waals surface area contributed by atoms with E-state index in [4.69, 9.17) is 0 Å². The fraction of sp³-hybridized carbons (Fsp3) is 0.611. The number of amides is 1. The molecular formula is C18H23F3N2O. The Balaban J connectivity index is 1.64. The first-order valence-corrected chi connectivity index (χ1v) is 8.67. The SMILES string of the molecule is O=C(C1CCCCC1)N1CCN(c2ccccc2C(F)(F)F)CC1. The highest BCUT2D eigenvalue weighted by atomic mass is 19.4. The second-order valence-corrected chi connectivity index (χ2v) is 6.66. The molecule has 6 heteroatoms. The van der Waals surface area contributed by atoms with Gasteiger partial charge in [0.25, 0.3) is 0 Å². The summed E-state index contributed by atoms with van der Waals surface area (Å²) in [6, 6.07) is 5.68. The molecule has 1 amide bonds. The third-order valence-corrected chi connectivity index (χ3v) is 5.10. The number of alkyl halides is 3. The maximum atomic E-state index is 13.2. The van der Waals surface area contributed by atoms with Crippen molar-refractivity contribution in [1.29, 1.82) is 0 Å². The molecule has 0 N–H and O–H groups in total. The average Bonchev–Trinajstić information content (AvgIpc) is 2.61. The molecule has 1 heterocycles. The Morgan fingerprint density at radius 2 is 1.58 bits per heavy atom. The normalized spacial score (nSPS) is 20.3. The first-order valence-electron chi connectivity index (χ1n) is 8.67. The Hall–Kier alpha value is -1.72. The largest absolute Gasteiger partial charge is 0.418 e. The van der Waals surface area contributed by atoms with Gasteiger partial charge in [-0.1, -0.05) is 31.4 Å². The highest BCUT2D eigenvalue weighted by Crippen LogP contribution is 2.36. The molecule has 0 spiro atoms. The summed E-state index contributed by atoms with van der Waals surface area (Å²) in [5.74, 6) is 0.311. The lowest BCUT2D eigenvalue weighted by atomic mass is 9.88. The molecule has 1 aliphatic heterocycles. The first-order chi connectivity index (χ1) is 11.5. The van der Waals surface area contributed by atoms with Crippen LogP contribution in [-0.4, -0.2) is 37.0 Å². The van der Waals surface area contributed by atoms with Crippen molar-refractivity contribution in [2.75, 3.05) is 31.1 Å². The molecule has 1 aromatic rings. The van der Waals surface area contributed by atoms with Gasteiger partial charge in [0, 0.05) is 37.8 Å². The summed E-state index contributed by atoms with van der Waals surface area (Å²) >= 11 is 0. The second-order valence-electron chi connectivity index (χ2n) is 6.66. The average molecular weight is 340 g/mol. The summed E-state index contributed by atoms with van der Waals surface area (Å²) in [5.41, 5.74) is -0.383. The number of hydrogen-bond acceptors (Lipinski definition) is 2. The van der Waals surface area contributed by atoms with Crippen LogP contribution in [0.4, 0.5) is 18.9 Å². The number of nitrogens with zero attached hydrogens (tertiary/aromatic N) is 2. The Kier molecular flexibility index (Phi) is 5.01. The molecule has 1 aliphatic carbocycles. The summed E-state index contributed by atoms with van der Waals surface area (Å²) in [6.07, 6.45) is 0.966. The van der Waals surface area contributed by atoms with Crippen molar-refractivity contribution >= 4 is 11.6 Å². The van der Waals surface area contributed by atoms with Gasteiger partial charge in [0.15, 0.2) is 0 Å². The predicted octanol–water partition coefficient (Wildman–Crippen LogP) is 3.93. The van der Waals surface area contributed by atoms with Crippen LogP contribution < -0.4 is 4.90 Å². The molecule has 3 rings (SSSR count). The van der Waals surface area contributed by atoms with Crippen LogP contribution in [0.1, 0.15) is 37.7 Å². The zero-order valence-corrected chi connectivity index (χ0v) is 13.7. The zero-order chi connectivity index (χ0) is 17.2. The van der Waals surface area contributed by atoms with Crippen molar-refractivity contribution in [3.63, 3.8) is 0 Å². The molecule has 132 valence electrons. The Labute approximate surface area is 140 Å². The van der Waals surface area contributed by atoms with Crippen LogP contribution in [0.3, 0.4) is 0 Å². The molecule has 0 bridgehead atoms. The molecule has 2 fully saturated rings. The lowest BCUT2D eigenvalue weighted by Gasteiger charge is -2.39. The number of para-hydroxylation sites is 1. The number of carbonyl (C=O) groups is 1. The van der Waals surface area contributed by atoms with Crippen LogP contribution in [0.2, 0.25) is 0 Å². The van der Waals surface area contributed by atoms with Crippen molar-refractivity contribution in [3.05, 3.63) is 29.8 Å². The third kappa shape index (κ3) is 3.68. The van der Waals surface area contributed by atoms with Gasteiger partial charge in [0.1, 0.15) is 0 Å². The van der Waals surface area contributed by atoms with Gasteiger partial charge in [0.2, 0.25) is 5.91 Å². The van der Waals surface area contributed by atoms with E-state index in [1.54, 1.807) is 11.0 Å². The monoisotopic (exact) mass is 340 g/mol. The van der Waals surface area contributed by atoms with Gasteiger partial charge < -0.3 is 9.80 Å². The van der Waals surface area contributed by atoms with Gasteiger partial charge in [-0.3, -0.25) is 4.79 Å². The minimum Gasteiger partial charge on any atom is -0.367 e. The molecule has 0 unspecified atom stereocenters. The van der Waals surface area contributed by atoms with E-state index in [-0.39, 0.29) is 17.5 Å². The Morgan fingerprint density at radius 3 is 2.21 bits per heavy atom. The van der Waals surface area contributed by atoms with Gasteiger partial charge >= 0.3 is 6.18 Å². The van der Waals surface area contributed by atoms with Crippen LogP contribution in [0.15, 0.2) is 24.3 Å². The Bertz CT molecular complexity index is 574. The zero-order valence-electron chi connectivity index (χ0n) is 13.7. The summed E-state index contributed by atoms with van der Waals surface area (Å²) in [7, 11) is 0. The number of hydrogen-bond donors (Lipinski definition) is 0. The predicted molar refractivity (Wildman–Crippen MR) is 86.8 cm³/mol. The van der Waals surface area contributed by atoms with E-state index in [0.717, 1.165) is 31.7 Å². The molecule has 1 saturated heterocycles. The number of halogens is 3. The van der Waals surface area contributed by atoms with E-state index < -0.39 is 11.7 Å². The standard InChI is InChI=1S/C18H23F3N2O/c19-18(20,21)15-8-4-5-9-16(15)22-10-12-23(13-11-22)17(24)14-6-2-1-3-7-14/h4-5,8-9,14H,1-3,6-7,10-13H2. The van der Waals surface area contributed by atoms with E-state index in [1.807, 2.05) is 4.90 Å². The van der Waals surface area contributed by atoms with Crippen molar-refractivity contribution < 1.29 is 18.0 Å². The number of benzene rings is 1. The minimum atomic E-state index is -4.36. The summed E-state index contributed by atoms with van der Waals surface area (Å²) in [6.45, 7) is 1.90. The van der Waals surface area contributed by atoms with Crippen LogP contribution >= 0.6 is 0 Å². The van der Waals surface area contributed by atoms with E-state index in [0.29, 0.717) is 26.2 Å². The van der Waals surface area contributed by atoms with Crippen LogP contribution in [-0.2, 0) is 11.0 Å². The highest BCUT2D eigenvalue weighted by molar-refractivity contribution is 5.79. The number of carbonyl (C=O) groups excluding carboxylic acids is 1. The number of rotatable bonds is 2. The van der Waals surface area contributed by atoms with Crippen molar-refractivity contribution in [2.45, 2.75) is 38.3 Å². The van der Waals surface area contributed by atoms with E-state index in [2.05, 4.69) is 0 Å². The van der Waals surface area contributed by atoms with E-state index in [1.165, 1.54) is 18.6 Å². The van der Waals surface area contributed by atoms with Crippen LogP contribution in [0, 0.1) is 5.92 Å². The minimum absolute atomic E-state index is 0.118. The smallest absolute Gasteiger partial charge is 0.367 e. The fourth-order valence-corrected chi connectivity index (χ4v) is 3.76. The summed E-state index contributed by atoms with van der Waals surface area (Å²) < 4.78 is 39.5. The van der Waals surface area contributed by atoms with Gasteiger partial charge in [-0.15, -0.1) is 0 Å². The summed E-state index contributed by atoms with van der Waals surface area (Å²) in [4.78, 5) is 16.1. The van der Waals surface area contributed by atoms with Gasteiger partial charge in [-0.05, 0) is 25.0 Å². The topological polar surface area (TPSA) is 23.6 Å². The molecule has 1 saturated carbocycles. The summed E-state index contributed by atoms with van der Waals surface area (Å²) in [5, 5.41) is 0.